The van der Waals surface area contributed by atoms with Crippen LogP contribution in [0, 0.1) is 5.92 Å². The maximum atomic E-state index is 10.9. The molecule has 1 aliphatic heterocycles. The highest BCUT2D eigenvalue weighted by Gasteiger charge is 2.34. The van der Waals surface area contributed by atoms with Crippen molar-refractivity contribution in [3.63, 3.8) is 0 Å². The van der Waals surface area contributed by atoms with Crippen molar-refractivity contribution in [2.75, 3.05) is 18.5 Å². The molecular weight excluding hydrogens is 637 g/mol. The van der Waals surface area contributed by atoms with Gasteiger partial charge in [-0.25, -0.2) is 4.79 Å². The Morgan fingerprint density at radius 3 is 2.53 bits per heavy atom. The molecule has 3 fully saturated rings. The Balaban J connectivity index is 0.000000168. The Morgan fingerprint density at radius 2 is 1.81 bits per heavy atom. The number of carbonyl (C=O) groups excluding carboxylic acids is 1. The van der Waals surface area contributed by atoms with Gasteiger partial charge in [0, 0.05) is 47.7 Å². The van der Waals surface area contributed by atoms with Crippen molar-refractivity contribution in [2.45, 2.75) is 89.4 Å². The van der Waals surface area contributed by atoms with E-state index in [0.29, 0.717) is 40.4 Å². The number of rotatable bonds is 9. The van der Waals surface area contributed by atoms with Crippen LogP contribution in [-0.4, -0.2) is 40.3 Å². The summed E-state index contributed by atoms with van der Waals surface area (Å²) in [6.45, 7) is 4.37. The molecule has 3 heterocycles. The fourth-order valence-electron chi connectivity index (χ4n) is 6.57. The van der Waals surface area contributed by atoms with E-state index in [1.807, 2.05) is 53.5 Å². The number of halogens is 2. The molecule has 7 rings (SSSR count). The van der Waals surface area contributed by atoms with Crippen LogP contribution in [0.15, 0.2) is 59.4 Å². The van der Waals surface area contributed by atoms with Gasteiger partial charge in [0.05, 0.1) is 35.0 Å². The molecule has 2 atom stereocenters. The van der Waals surface area contributed by atoms with Gasteiger partial charge in [-0.2, -0.15) is 5.10 Å². The van der Waals surface area contributed by atoms with E-state index in [4.69, 9.17) is 42.9 Å². The minimum Gasteiger partial charge on any atom is -0.381 e. The molecule has 250 valence electrons. The first-order chi connectivity index (χ1) is 22.9. The van der Waals surface area contributed by atoms with Crippen LogP contribution in [0.5, 0.6) is 0 Å². The number of anilines is 1. The summed E-state index contributed by atoms with van der Waals surface area (Å²) in [6.07, 6.45) is 14.6. The first kappa shape index (κ1) is 33.5. The van der Waals surface area contributed by atoms with Gasteiger partial charge in [0.25, 0.3) is 0 Å². The van der Waals surface area contributed by atoms with E-state index in [0.717, 1.165) is 91.4 Å². The first-order valence-electron chi connectivity index (χ1n) is 16.7. The molecule has 0 radical (unpaired) electrons. The summed E-state index contributed by atoms with van der Waals surface area (Å²) in [5.74, 6) is 2.21. The number of ether oxygens (including phenoxy) is 2. The van der Waals surface area contributed by atoms with Crippen molar-refractivity contribution in [1.29, 1.82) is 0 Å². The number of amides is 2. The molecule has 2 amide bonds. The SMILES string of the molecule is CCC1CCCC(OCc2c(-c3c(Cl)cccc3Cl)noc2C2CC2)C1.NC(=O)Nc1cccc(-c2cnn(C3CCOCC3)c2)c1. The zero-order valence-electron chi connectivity index (χ0n) is 26.8. The number of nitrogens with zero attached hydrogens (tertiary/aromatic N) is 3. The average molecular weight is 681 g/mol. The summed E-state index contributed by atoms with van der Waals surface area (Å²) in [4.78, 5) is 10.9. The van der Waals surface area contributed by atoms with Gasteiger partial charge in [-0.15, -0.1) is 0 Å². The average Bonchev–Trinajstić information content (AvgIpc) is 3.65. The minimum absolute atomic E-state index is 0.324. The third kappa shape index (κ3) is 8.57. The van der Waals surface area contributed by atoms with Gasteiger partial charge in [0.15, 0.2) is 0 Å². The van der Waals surface area contributed by atoms with E-state index < -0.39 is 6.03 Å². The number of carbonyl (C=O) groups is 1. The molecule has 0 spiro atoms. The second-order valence-electron chi connectivity index (χ2n) is 12.7. The van der Waals surface area contributed by atoms with Gasteiger partial charge in [-0.1, -0.05) is 72.7 Å². The second kappa shape index (κ2) is 15.7. The van der Waals surface area contributed by atoms with Crippen LogP contribution in [0.2, 0.25) is 10.0 Å². The summed E-state index contributed by atoms with van der Waals surface area (Å²) in [5, 5.41) is 12.6. The molecule has 1 saturated heterocycles. The van der Waals surface area contributed by atoms with Crippen molar-refractivity contribution >= 4 is 34.9 Å². The number of nitrogens with two attached hydrogens (primary N) is 1. The normalized spacial score (nSPS) is 20.0. The lowest BCUT2D eigenvalue weighted by molar-refractivity contribution is 0.00138. The minimum atomic E-state index is -0.565. The van der Waals surface area contributed by atoms with E-state index in [1.165, 1.54) is 19.3 Å². The van der Waals surface area contributed by atoms with Crippen molar-refractivity contribution in [3.8, 4) is 22.4 Å². The zero-order valence-corrected chi connectivity index (χ0v) is 28.3. The predicted octanol–water partition coefficient (Wildman–Crippen LogP) is 9.40. The van der Waals surface area contributed by atoms with Gasteiger partial charge in [-0.05, 0) is 74.3 Å². The van der Waals surface area contributed by atoms with E-state index in [9.17, 15) is 4.79 Å². The van der Waals surface area contributed by atoms with E-state index in [-0.39, 0.29) is 0 Å². The Kier molecular flexibility index (Phi) is 11.2. The van der Waals surface area contributed by atoms with E-state index >= 15 is 0 Å². The molecule has 2 unspecified atom stereocenters. The monoisotopic (exact) mass is 679 g/mol. The Morgan fingerprint density at radius 1 is 1.04 bits per heavy atom. The summed E-state index contributed by atoms with van der Waals surface area (Å²) in [5.41, 5.74) is 10.4. The topological polar surface area (TPSA) is 117 Å². The van der Waals surface area contributed by atoms with Gasteiger partial charge in [-0.3, -0.25) is 4.68 Å². The Hall–Kier alpha value is -3.37. The Labute approximate surface area is 286 Å². The highest BCUT2D eigenvalue weighted by Crippen LogP contribution is 2.46. The van der Waals surface area contributed by atoms with E-state index in [1.54, 1.807) is 6.07 Å². The zero-order chi connectivity index (χ0) is 32.8. The van der Waals surface area contributed by atoms with Gasteiger partial charge in [0.2, 0.25) is 0 Å². The number of aromatic nitrogens is 3. The molecule has 9 nitrogen and oxygen atoms in total. The number of hydrogen-bond acceptors (Lipinski definition) is 6. The maximum absolute atomic E-state index is 10.9. The third-order valence-electron chi connectivity index (χ3n) is 9.37. The lowest BCUT2D eigenvalue weighted by atomic mass is 9.85. The summed E-state index contributed by atoms with van der Waals surface area (Å²) >= 11 is 12.8. The summed E-state index contributed by atoms with van der Waals surface area (Å²) in [7, 11) is 0. The standard InChI is InChI=1S/C21H25Cl2NO2.C15H18N4O2/c1-2-13-5-3-6-15(11-13)25-12-16-20(24-26-21(16)14-9-10-14)19-17(22)7-4-8-18(19)23;16-15(20)18-13-3-1-2-11(8-13)12-9-17-19(10-12)14-4-6-21-7-5-14/h4,7-8,13-15H,2-3,5-6,9-12H2,1H3;1-3,8-10,14H,4-7H2,(H3,16,18,20). The van der Waals surface area contributed by atoms with Crippen molar-refractivity contribution in [1.82, 2.24) is 14.9 Å². The highest BCUT2D eigenvalue weighted by atomic mass is 35.5. The molecule has 0 bridgehead atoms. The fourth-order valence-corrected chi connectivity index (χ4v) is 7.14. The molecule has 2 aliphatic carbocycles. The van der Waals surface area contributed by atoms with Crippen molar-refractivity contribution in [3.05, 3.63) is 76.2 Å². The number of benzene rings is 2. The number of hydrogen-bond donors (Lipinski definition) is 2. The molecule has 4 aromatic rings. The molecule has 3 aliphatic rings. The molecular formula is C36H43Cl2N5O4. The lowest BCUT2D eigenvalue weighted by Gasteiger charge is -2.28. The maximum Gasteiger partial charge on any atom is 0.316 e. The van der Waals surface area contributed by atoms with Crippen LogP contribution in [-0.2, 0) is 16.1 Å². The van der Waals surface area contributed by atoms with Crippen LogP contribution >= 0.6 is 23.2 Å². The number of nitrogens with one attached hydrogen (secondary N) is 1. The molecule has 2 saturated carbocycles. The number of urea groups is 1. The van der Waals surface area contributed by atoms with Crippen molar-refractivity contribution < 1.29 is 18.8 Å². The second-order valence-corrected chi connectivity index (χ2v) is 13.6. The molecule has 2 aromatic heterocycles. The summed E-state index contributed by atoms with van der Waals surface area (Å²) < 4.78 is 19.4. The molecule has 3 N–H and O–H groups in total. The van der Waals surface area contributed by atoms with E-state index in [2.05, 4.69) is 22.5 Å². The predicted molar refractivity (Wildman–Crippen MR) is 185 cm³/mol. The molecule has 2 aromatic carbocycles. The van der Waals surface area contributed by atoms with Crippen LogP contribution < -0.4 is 11.1 Å². The van der Waals surface area contributed by atoms with Crippen LogP contribution in [0.4, 0.5) is 10.5 Å². The summed E-state index contributed by atoms with van der Waals surface area (Å²) in [6, 6.07) is 12.9. The fraction of sp³-hybridized carbons (Fsp3) is 0.472. The largest absolute Gasteiger partial charge is 0.381 e. The van der Waals surface area contributed by atoms with Crippen LogP contribution in [0.25, 0.3) is 22.4 Å². The lowest BCUT2D eigenvalue weighted by Crippen LogP contribution is -2.22. The quantitative estimate of drug-likeness (QED) is 0.182. The molecule has 11 heteroatoms. The highest BCUT2D eigenvalue weighted by molar-refractivity contribution is 6.39. The van der Waals surface area contributed by atoms with Crippen molar-refractivity contribution in [2.24, 2.45) is 11.7 Å². The van der Waals surface area contributed by atoms with Gasteiger partial charge < -0.3 is 25.0 Å². The first-order valence-corrected chi connectivity index (χ1v) is 17.5. The molecule has 47 heavy (non-hydrogen) atoms. The van der Waals surface area contributed by atoms with Gasteiger partial charge >= 0.3 is 6.03 Å². The third-order valence-corrected chi connectivity index (χ3v) is 10.0. The smallest absolute Gasteiger partial charge is 0.316 e. The Bertz CT molecular complexity index is 1630. The van der Waals surface area contributed by atoms with Gasteiger partial charge in [0.1, 0.15) is 11.5 Å². The van der Waals surface area contributed by atoms with Crippen LogP contribution in [0.1, 0.15) is 88.0 Å². The van der Waals surface area contributed by atoms with Crippen LogP contribution in [0.3, 0.4) is 0 Å². The number of primary amides is 1.